The van der Waals surface area contributed by atoms with E-state index in [1.807, 2.05) is 0 Å². The van der Waals surface area contributed by atoms with E-state index in [-0.39, 0.29) is 5.56 Å². The van der Waals surface area contributed by atoms with Crippen LogP contribution in [0, 0.1) is 5.82 Å². The fourth-order valence-electron chi connectivity index (χ4n) is 2.58. The molecule has 1 heterocycles. The molecule has 19 heavy (non-hydrogen) atoms. The number of halogens is 1. The Kier molecular flexibility index (Phi) is 4.91. The van der Waals surface area contributed by atoms with E-state index in [2.05, 4.69) is 4.90 Å². The molecule has 1 saturated heterocycles. The number of carboxylic acid groups (broad SMARTS) is 1. The van der Waals surface area contributed by atoms with Gasteiger partial charge in [0, 0.05) is 12.1 Å². The highest BCUT2D eigenvalue weighted by Crippen LogP contribution is 2.17. The Balaban J connectivity index is 2.09. The van der Waals surface area contributed by atoms with Gasteiger partial charge in [0.15, 0.2) is 0 Å². The molecule has 0 aliphatic carbocycles. The highest BCUT2D eigenvalue weighted by Gasteiger charge is 2.16. The molecule has 0 saturated carbocycles. The molecule has 0 unspecified atom stereocenters. The minimum Gasteiger partial charge on any atom is -0.478 e. The molecule has 0 atom stereocenters. The molecule has 0 radical (unpaired) electrons. The molecule has 1 aromatic rings. The van der Waals surface area contributed by atoms with Gasteiger partial charge in [0.25, 0.3) is 0 Å². The van der Waals surface area contributed by atoms with Crippen LogP contribution in [-0.2, 0) is 6.54 Å². The van der Waals surface area contributed by atoms with Crippen LogP contribution >= 0.6 is 0 Å². The highest BCUT2D eigenvalue weighted by molar-refractivity contribution is 5.88. The zero-order valence-corrected chi connectivity index (χ0v) is 11.1. The third-order valence-corrected chi connectivity index (χ3v) is 3.65. The molecule has 1 aromatic carbocycles. The van der Waals surface area contributed by atoms with Crippen molar-refractivity contribution in [2.24, 2.45) is 0 Å². The second-order valence-electron chi connectivity index (χ2n) is 5.13. The molecule has 1 aliphatic heterocycles. The van der Waals surface area contributed by atoms with E-state index in [0.717, 1.165) is 25.9 Å². The van der Waals surface area contributed by atoms with Gasteiger partial charge in [-0.25, -0.2) is 9.18 Å². The SMILES string of the molecule is O=C(O)c1cccc(CN2CCCCCCC2)c1F. The summed E-state index contributed by atoms with van der Waals surface area (Å²) >= 11 is 0. The Morgan fingerprint density at radius 1 is 1.16 bits per heavy atom. The number of benzene rings is 1. The molecule has 0 aromatic heterocycles. The Bertz CT molecular complexity index is 440. The van der Waals surface area contributed by atoms with Gasteiger partial charge in [-0.1, -0.05) is 31.4 Å². The van der Waals surface area contributed by atoms with Crippen LogP contribution in [0.2, 0.25) is 0 Å². The van der Waals surface area contributed by atoms with Gasteiger partial charge in [-0.15, -0.1) is 0 Å². The van der Waals surface area contributed by atoms with Crippen LogP contribution in [0.1, 0.15) is 48.0 Å². The number of hydrogen-bond donors (Lipinski definition) is 1. The van der Waals surface area contributed by atoms with Gasteiger partial charge in [-0.05, 0) is 32.0 Å². The summed E-state index contributed by atoms with van der Waals surface area (Å²) in [5.41, 5.74) is 0.255. The van der Waals surface area contributed by atoms with Crippen LogP contribution in [0.4, 0.5) is 4.39 Å². The van der Waals surface area contributed by atoms with Gasteiger partial charge in [-0.3, -0.25) is 4.90 Å². The van der Waals surface area contributed by atoms with Crippen molar-refractivity contribution in [2.45, 2.75) is 38.6 Å². The van der Waals surface area contributed by atoms with E-state index in [4.69, 9.17) is 5.11 Å². The third kappa shape index (κ3) is 3.77. The van der Waals surface area contributed by atoms with Crippen molar-refractivity contribution in [3.05, 3.63) is 35.1 Å². The molecular weight excluding hydrogens is 245 g/mol. The zero-order valence-electron chi connectivity index (χ0n) is 11.1. The van der Waals surface area contributed by atoms with Crippen LogP contribution in [-0.4, -0.2) is 29.1 Å². The van der Waals surface area contributed by atoms with Gasteiger partial charge in [-0.2, -0.15) is 0 Å². The summed E-state index contributed by atoms with van der Waals surface area (Å²) in [5, 5.41) is 8.92. The van der Waals surface area contributed by atoms with Gasteiger partial charge < -0.3 is 5.11 Å². The maximum atomic E-state index is 14.1. The molecule has 3 nitrogen and oxygen atoms in total. The summed E-state index contributed by atoms with van der Waals surface area (Å²) in [5.74, 6) is -1.79. The van der Waals surface area contributed by atoms with E-state index in [0.29, 0.717) is 12.1 Å². The fourth-order valence-corrected chi connectivity index (χ4v) is 2.58. The predicted octanol–water partition coefficient (Wildman–Crippen LogP) is 3.29. The molecule has 1 fully saturated rings. The summed E-state index contributed by atoms with van der Waals surface area (Å²) < 4.78 is 14.1. The van der Waals surface area contributed by atoms with Crippen LogP contribution in [0.5, 0.6) is 0 Å². The molecule has 0 bridgehead atoms. The number of rotatable bonds is 3. The van der Waals surface area contributed by atoms with Crippen LogP contribution in [0.3, 0.4) is 0 Å². The van der Waals surface area contributed by atoms with Crippen molar-refractivity contribution in [2.75, 3.05) is 13.1 Å². The topological polar surface area (TPSA) is 40.5 Å². The van der Waals surface area contributed by atoms with E-state index >= 15 is 0 Å². The normalized spacial score (nSPS) is 17.7. The first-order chi connectivity index (χ1) is 9.18. The quantitative estimate of drug-likeness (QED) is 0.911. The van der Waals surface area contributed by atoms with Crippen LogP contribution in [0.25, 0.3) is 0 Å². The summed E-state index contributed by atoms with van der Waals surface area (Å²) in [4.78, 5) is 13.1. The Morgan fingerprint density at radius 2 is 1.79 bits per heavy atom. The van der Waals surface area contributed by atoms with Crippen molar-refractivity contribution >= 4 is 5.97 Å². The van der Waals surface area contributed by atoms with Gasteiger partial charge in [0.2, 0.25) is 0 Å². The van der Waals surface area contributed by atoms with Crippen molar-refractivity contribution < 1.29 is 14.3 Å². The standard InChI is InChI=1S/C15H20FNO2/c16-14-12(7-6-8-13(14)15(18)19)11-17-9-4-2-1-3-5-10-17/h6-8H,1-5,9-11H2,(H,18,19). The van der Waals surface area contributed by atoms with E-state index < -0.39 is 11.8 Å². The number of hydrogen-bond acceptors (Lipinski definition) is 2. The van der Waals surface area contributed by atoms with E-state index in [1.54, 1.807) is 12.1 Å². The lowest BCUT2D eigenvalue weighted by Gasteiger charge is -2.24. The lowest BCUT2D eigenvalue weighted by molar-refractivity contribution is 0.0691. The Hall–Kier alpha value is -1.42. The van der Waals surface area contributed by atoms with Crippen molar-refractivity contribution in [1.29, 1.82) is 0 Å². The van der Waals surface area contributed by atoms with Gasteiger partial charge >= 0.3 is 5.97 Å². The summed E-state index contributed by atoms with van der Waals surface area (Å²) in [6.45, 7) is 2.44. The lowest BCUT2D eigenvalue weighted by atomic mass is 10.1. The first-order valence-electron chi connectivity index (χ1n) is 6.91. The Labute approximate surface area is 113 Å². The van der Waals surface area contributed by atoms with Crippen molar-refractivity contribution in [3.8, 4) is 0 Å². The minimum absolute atomic E-state index is 0.232. The maximum absolute atomic E-state index is 14.1. The molecule has 104 valence electrons. The summed E-state index contributed by atoms with van der Waals surface area (Å²) in [6.07, 6.45) is 6.03. The number of likely N-dealkylation sites (tertiary alicyclic amines) is 1. The zero-order chi connectivity index (χ0) is 13.7. The molecule has 1 aliphatic rings. The van der Waals surface area contributed by atoms with Crippen LogP contribution in [0.15, 0.2) is 18.2 Å². The lowest BCUT2D eigenvalue weighted by Crippen LogP contribution is -2.27. The molecule has 0 amide bonds. The molecular formula is C15H20FNO2. The summed E-state index contributed by atoms with van der Waals surface area (Å²) in [6, 6.07) is 4.61. The average molecular weight is 265 g/mol. The monoisotopic (exact) mass is 265 g/mol. The molecule has 4 heteroatoms. The second kappa shape index (κ2) is 6.66. The third-order valence-electron chi connectivity index (χ3n) is 3.65. The smallest absolute Gasteiger partial charge is 0.338 e. The molecule has 2 rings (SSSR count). The average Bonchev–Trinajstić information content (AvgIpc) is 2.34. The first kappa shape index (κ1) is 14.0. The van der Waals surface area contributed by atoms with Crippen molar-refractivity contribution in [3.63, 3.8) is 0 Å². The summed E-state index contributed by atoms with van der Waals surface area (Å²) in [7, 11) is 0. The second-order valence-corrected chi connectivity index (χ2v) is 5.13. The largest absolute Gasteiger partial charge is 0.478 e. The van der Waals surface area contributed by atoms with Gasteiger partial charge in [0.05, 0.1) is 5.56 Å². The first-order valence-corrected chi connectivity index (χ1v) is 6.91. The number of nitrogens with zero attached hydrogens (tertiary/aromatic N) is 1. The maximum Gasteiger partial charge on any atom is 0.338 e. The minimum atomic E-state index is -1.20. The number of carbonyl (C=O) groups is 1. The number of carboxylic acids is 1. The van der Waals surface area contributed by atoms with Crippen LogP contribution < -0.4 is 0 Å². The molecule has 0 spiro atoms. The van der Waals surface area contributed by atoms with Crippen molar-refractivity contribution in [1.82, 2.24) is 4.90 Å². The van der Waals surface area contributed by atoms with Gasteiger partial charge in [0.1, 0.15) is 5.82 Å². The number of aromatic carboxylic acids is 1. The predicted molar refractivity (Wildman–Crippen MR) is 71.7 cm³/mol. The van der Waals surface area contributed by atoms with E-state index in [1.165, 1.54) is 25.3 Å². The fraction of sp³-hybridized carbons (Fsp3) is 0.533. The molecule has 1 N–H and O–H groups in total. The Morgan fingerprint density at radius 3 is 2.42 bits per heavy atom. The highest BCUT2D eigenvalue weighted by atomic mass is 19.1. The van der Waals surface area contributed by atoms with E-state index in [9.17, 15) is 9.18 Å².